The highest BCUT2D eigenvalue weighted by molar-refractivity contribution is 4.67. The minimum absolute atomic E-state index is 0.985. The molecule has 1 heterocycles. The molecule has 1 heteroatoms. The van der Waals surface area contributed by atoms with Gasteiger partial charge in [-0.25, -0.2) is 0 Å². The second-order valence-electron chi connectivity index (χ2n) is 4.06. The van der Waals surface area contributed by atoms with Gasteiger partial charge in [-0.15, -0.1) is 0 Å². The van der Waals surface area contributed by atoms with Crippen molar-refractivity contribution in [1.82, 2.24) is 5.32 Å². The Morgan fingerprint density at radius 2 is 2.17 bits per heavy atom. The average Bonchev–Trinajstić information content (AvgIpc) is 2.33. The van der Waals surface area contributed by atoms with E-state index in [0.29, 0.717) is 0 Å². The van der Waals surface area contributed by atoms with Crippen molar-refractivity contribution in [3.05, 3.63) is 0 Å². The molecule has 0 bridgehead atoms. The quantitative estimate of drug-likeness (QED) is 0.638. The summed E-state index contributed by atoms with van der Waals surface area (Å²) in [5.41, 5.74) is 0. The molecule has 0 aromatic carbocycles. The van der Waals surface area contributed by atoms with Crippen LogP contribution in [0.3, 0.4) is 0 Å². The molecular formula is C11H23N. The van der Waals surface area contributed by atoms with E-state index in [1.807, 2.05) is 0 Å². The molecule has 1 aliphatic heterocycles. The van der Waals surface area contributed by atoms with Gasteiger partial charge in [-0.1, -0.05) is 32.6 Å². The van der Waals surface area contributed by atoms with Crippen LogP contribution in [0.4, 0.5) is 0 Å². The van der Waals surface area contributed by atoms with Gasteiger partial charge < -0.3 is 5.32 Å². The van der Waals surface area contributed by atoms with E-state index in [9.17, 15) is 0 Å². The Morgan fingerprint density at radius 1 is 1.25 bits per heavy atom. The van der Waals surface area contributed by atoms with Crippen molar-refractivity contribution in [1.29, 1.82) is 0 Å². The van der Waals surface area contributed by atoms with Crippen molar-refractivity contribution in [2.24, 2.45) is 5.92 Å². The second kappa shape index (κ2) is 6.47. The summed E-state index contributed by atoms with van der Waals surface area (Å²) in [6.07, 6.45) is 10.0. The third-order valence-electron chi connectivity index (χ3n) is 2.86. The first-order chi connectivity index (χ1) is 5.93. The molecule has 1 fully saturated rings. The first-order valence-electron chi connectivity index (χ1n) is 5.64. The maximum Gasteiger partial charge on any atom is -0.00205 e. The number of hydrogen-bond donors (Lipinski definition) is 1. The molecule has 0 radical (unpaired) electrons. The molecule has 0 saturated carbocycles. The molecule has 1 atom stereocenters. The van der Waals surface area contributed by atoms with E-state index < -0.39 is 0 Å². The minimum atomic E-state index is 0.985. The lowest BCUT2D eigenvalue weighted by Gasteiger charge is -2.12. The average molecular weight is 169 g/mol. The fraction of sp³-hybridized carbons (Fsp3) is 1.00. The van der Waals surface area contributed by atoms with Gasteiger partial charge in [0.05, 0.1) is 0 Å². The number of hydrogen-bond acceptors (Lipinski definition) is 1. The van der Waals surface area contributed by atoms with Gasteiger partial charge in [0.2, 0.25) is 0 Å². The van der Waals surface area contributed by atoms with Gasteiger partial charge in [0.1, 0.15) is 0 Å². The molecule has 1 aliphatic rings. The second-order valence-corrected chi connectivity index (χ2v) is 4.06. The summed E-state index contributed by atoms with van der Waals surface area (Å²) in [6, 6.07) is 0. The summed E-state index contributed by atoms with van der Waals surface area (Å²) in [7, 11) is 0. The maximum absolute atomic E-state index is 3.52. The third kappa shape index (κ3) is 4.10. The summed E-state index contributed by atoms with van der Waals surface area (Å²) < 4.78 is 0. The summed E-state index contributed by atoms with van der Waals surface area (Å²) >= 11 is 0. The van der Waals surface area contributed by atoms with Gasteiger partial charge in [-0.3, -0.25) is 0 Å². The molecular weight excluding hydrogens is 146 g/mol. The van der Waals surface area contributed by atoms with Crippen LogP contribution in [0.5, 0.6) is 0 Å². The van der Waals surface area contributed by atoms with Gasteiger partial charge in [-0.05, 0) is 38.3 Å². The van der Waals surface area contributed by atoms with Gasteiger partial charge in [-0.2, -0.15) is 0 Å². The Labute approximate surface area is 76.9 Å². The standard InChI is InChI=1S/C11H23N/c1-2-3-4-7-11-8-5-6-9-12-10-11/h11-12H,2-10H2,1H3. The van der Waals surface area contributed by atoms with Crippen molar-refractivity contribution in [2.75, 3.05) is 13.1 Å². The predicted molar refractivity (Wildman–Crippen MR) is 54.4 cm³/mol. The lowest BCUT2D eigenvalue weighted by Crippen LogP contribution is -2.20. The molecule has 0 aliphatic carbocycles. The van der Waals surface area contributed by atoms with E-state index in [-0.39, 0.29) is 0 Å². The van der Waals surface area contributed by atoms with E-state index in [1.165, 1.54) is 58.0 Å². The molecule has 1 N–H and O–H groups in total. The van der Waals surface area contributed by atoms with Crippen LogP contribution in [0.25, 0.3) is 0 Å². The molecule has 12 heavy (non-hydrogen) atoms. The molecule has 72 valence electrons. The minimum Gasteiger partial charge on any atom is -0.316 e. The molecule has 1 nitrogen and oxygen atoms in total. The van der Waals surface area contributed by atoms with E-state index in [0.717, 1.165) is 5.92 Å². The predicted octanol–water partition coefficient (Wildman–Crippen LogP) is 2.96. The van der Waals surface area contributed by atoms with Crippen molar-refractivity contribution < 1.29 is 0 Å². The maximum atomic E-state index is 3.52. The van der Waals surface area contributed by atoms with Crippen LogP contribution in [0, 0.1) is 5.92 Å². The molecule has 1 rings (SSSR count). The molecule has 0 amide bonds. The van der Waals surface area contributed by atoms with Crippen LogP contribution < -0.4 is 5.32 Å². The van der Waals surface area contributed by atoms with Crippen molar-refractivity contribution >= 4 is 0 Å². The fourth-order valence-corrected chi connectivity index (χ4v) is 2.02. The Bertz CT molecular complexity index is 93.2. The van der Waals surface area contributed by atoms with Gasteiger partial charge >= 0.3 is 0 Å². The highest BCUT2D eigenvalue weighted by Gasteiger charge is 2.10. The summed E-state index contributed by atoms with van der Waals surface area (Å²) in [5.74, 6) is 0.985. The lowest BCUT2D eigenvalue weighted by atomic mass is 9.97. The zero-order valence-corrected chi connectivity index (χ0v) is 8.44. The van der Waals surface area contributed by atoms with Crippen molar-refractivity contribution in [3.63, 3.8) is 0 Å². The third-order valence-corrected chi connectivity index (χ3v) is 2.86. The van der Waals surface area contributed by atoms with Crippen molar-refractivity contribution in [3.8, 4) is 0 Å². The van der Waals surface area contributed by atoms with Crippen LogP contribution in [-0.4, -0.2) is 13.1 Å². The number of unbranched alkanes of at least 4 members (excludes halogenated alkanes) is 2. The molecule has 0 aromatic rings. The van der Waals surface area contributed by atoms with E-state index in [1.54, 1.807) is 0 Å². The van der Waals surface area contributed by atoms with Crippen LogP contribution in [-0.2, 0) is 0 Å². The lowest BCUT2D eigenvalue weighted by molar-refractivity contribution is 0.425. The Balaban J connectivity index is 2.04. The smallest absolute Gasteiger partial charge is 0.00205 e. The summed E-state index contributed by atoms with van der Waals surface area (Å²) in [5, 5.41) is 3.52. The largest absolute Gasteiger partial charge is 0.316 e. The van der Waals surface area contributed by atoms with Crippen LogP contribution in [0.1, 0.15) is 51.9 Å². The normalized spacial score (nSPS) is 25.2. The van der Waals surface area contributed by atoms with Crippen LogP contribution in [0.15, 0.2) is 0 Å². The van der Waals surface area contributed by atoms with E-state index in [2.05, 4.69) is 12.2 Å². The number of nitrogens with one attached hydrogen (secondary N) is 1. The summed E-state index contributed by atoms with van der Waals surface area (Å²) in [4.78, 5) is 0. The highest BCUT2D eigenvalue weighted by Crippen LogP contribution is 2.17. The topological polar surface area (TPSA) is 12.0 Å². The fourth-order valence-electron chi connectivity index (χ4n) is 2.02. The summed E-state index contributed by atoms with van der Waals surface area (Å²) in [6.45, 7) is 4.82. The monoisotopic (exact) mass is 169 g/mol. The Hall–Kier alpha value is -0.0400. The Morgan fingerprint density at radius 3 is 3.00 bits per heavy atom. The van der Waals surface area contributed by atoms with E-state index in [4.69, 9.17) is 0 Å². The zero-order chi connectivity index (χ0) is 8.65. The van der Waals surface area contributed by atoms with Gasteiger partial charge in [0.25, 0.3) is 0 Å². The van der Waals surface area contributed by atoms with Crippen LogP contribution >= 0.6 is 0 Å². The zero-order valence-electron chi connectivity index (χ0n) is 8.44. The van der Waals surface area contributed by atoms with Crippen molar-refractivity contribution in [2.45, 2.75) is 51.9 Å². The highest BCUT2D eigenvalue weighted by atomic mass is 14.9. The molecule has 0 spiro atoms. The van der Waals surface area contributed by atoms with E-state index >= 15 is 0 Å². The van der Waals surface area contributed by atoms with Gasteiger partial charge in [0, 0.05) is 0 Å². The SMILES string of the molecule is CCCCCC1CCCCNC1. The first kappa shape index (κ1) is 10.0. The first-order valence-corrected chi connectivity index (χ1v) is 5.64. The molecule has 0 aromatic heterocycles. The Kier molecular flexibility index (Phi) is 5.42. The number of rotatable bonds is 4. The molecule has 1 unspecified atom stereocenters. The van der Waals surface area contributed by atoms with Gasteiger partial charge in [0.15, 0.2) is 0 Å². The molecule has 1 saturated heterocycles. The van der Waals surface area contributed by atoms with Crippen LogP contribution in [0.2, 0.25) is 0 Å².